The zero-order valence-electron chi connectivity index (χ0n) is 12.1. The third-order valence-corrected chi connectivity index (χ3v) is 4.77. The summed E-state index contributed by atoms with van der Waals surface area (Å²) in [6.07, 6.45) is 3.08. The molecule has 1 heterocycles. The number of thiophene rings is 1. The summed E-state index contributed by atoms with van der Waals surface area (Å²) in [5, 5.41) is 12.5. The van der Waals surface area contributed by atoms with Crippen LogP contribution in [-0.2, 0) is 6.42 Å². The largest absolute Gasteiger partial charge is 0.396 e. The van der Waals surface area contributed by atoms with Gasteiger partial charge in [-0.2, -0.15) is 0 Å². The second-order valence-electron chi connectivity index (χ2n) is 5.75. The molecule has 0 aliphatic heterocycles. The van der Waals surface area contributed by atoms with Gasteiger partial charge in [0, 0.05) is 28.9 Å². The van der Waals surface area contributed by atoms with Crippen molar-refractivity contribution in [2.45, 2.75) is 53.0 Å². The van der Waals surface area contributed by atoms with Crippen LogP contribution in [0.25, 0.3) is 0 Å². The second-order valence-corrected chi connectivity index (χ2v) is 6.95. The van der Waals surface area contributed by atoms with Crippen molar-refractivity contribution in [1.82, 2.24) is 5.32 Å². The summed E-state index contributed by atoms with van der Waals surface area (Å²) < 4.78 is 0. The molecule has 0 aliphatic rings. The molecule has 0 bridgehead atoms. The molecule has 0 aromatic carbocycles. The van der Waals surface area contributed by atoms with Crippen LogP contribution in [0.3, 0.4) is 0 Å². The fourth-order valence-corrected chi connectivity index (χ4v) is 2.97. The fourth-order valence-electron chi connectivity index (χ4n) is 1.99. The molecule has 0 saturated carbocycles. The lowest BCUT2D eigenvalue weighted by Crippen LogP contribution is -2.31. The van der Waals surface area contributed by atoms with Crippen molar-refractivity contribution in [2.75, 3.05) is 13.2 Å². The highest BCUT2D eigenvalue weighted by molar-refractivity contribution is 7.12. The highest BCUT2D eigenvalue weighted by atomic mass is 32.1. The summed E-state index contributed by atoms with van der Waals surface area (Å²) in [6, 6.07) is 4.89. The number of aliphatic hydroxyl groups excluding tert-OH is 1. The molecular weight excluding hydrogens is 242 g/mol. The van der Waals surface area contributed by atoms with Gasteiger partial charge in [0.1, 0.15) is 0 Å². The monoisotopic (exact) mass is 269 g/mol. The molecule has 1 aromatic rings. The van der Waals surface area contributed by atoms with Crippen LogP contribution >= 0.6 is 11.3 Å². The molecule has 104 valence electrons. The molecule has 18 heavy (non-hydrogen) atoms. The maximum atomic E-state index is 8.90. The standard InChI is InChI=1S/C15H27NOS/c1-5-13-7-8-14(18-13)12(2)16-11-15(3,4)9-6-10-17/h7-8,12,16-17H,5-6,9-11H2,1-4H3. The zero-order chi connectivity index (χ0) is 13.6. The van der Waals surface area contributed by atoms with E-state index in [2.05, 4.69) is 45.1 Å². The Morgan fingerprint density at radius 1 is 1.39 bits per heavy atom. The Kier molecular flexibility index (Phi) is 6.33. The van der Waals surface area contributed by atoms with E-state index in [0.717, 1.165) is 25.8 Å². The van der Waals surface area contributed by atoms with E-state index in [1.54, 1.807) is 0 Å². The molecule has 0 radical (unpaired) electrons. The van der Waals surface area contributed by atoms with Gasteiger partial charge in [-0.25, -0.2) is 0 Å². The number of rotatable bonds is 8. The van der Waals surface area contributed by atoms with Crippen molar-refractivity contribution in [3.63, 3.8) is 0 Å². The van der Waals surface area contributed by atoms with Crippen LogP contribution in [0.1, 0.15) is 56.3 Å². The molecule has 0 aliphatic carbocycles. The normalized spacial score (nSPS) is 13.8. The van der Waals surface area contributed by atoms with Crippen molar-refractivity contribution >= 4 is 11.3 Å². The predicted octanol–water partition coefficient (Wildman–Crippen LogP) is 3.76. The van der Waals surface area contributed by atoms with Crippen molar-refractivity contribution in [1.29, 1.82) is 0 Å². The Balaban J connectivity index is 2.42. The Labute approximate surface area is 115 Å². The van der Waals surface area contributed by atoms with Gasteiger partial charge in [0.2, 0.25) is 0 Å². The van der Waals surface area contributed by atoms with E-state index in [1.807, 2.05) is 11.3 Å². The molecule has 1 atom stereocenters. The highest BCUT2D eigenvalue weighted by Gasteiger charge is 2.18. The minimum atomic E-state index is 0.252. The average Bonchev–Trinajstić information content (AvgIpc) is 2.82. The lowest BCUT2D eigenvalue weighted by atomic mass is 9.87. The molecule has 0 fully saturated rings. The number of aliphatic hydroxyl groups is 1. The number of hydrogen-bond donors (Lipinski definition) is 2. The summed E-state index contributed by atoms with van der Waals surface area (Å²) in [6.45, 7) is 10.2. The summed E-state index contributed by atoms with van der Waals surface area (Å²) >= 11 is 1.91. The third kappa shape index (κ3) is 5.09. The molecule has 0 spiro atoms. The molecule has 2 N–H and O–H groups in total. The average molecular weight is 269 g/mol. The molecule has 0 amide bonds. The molecule has 0 saturated heterocycles. The number of aryl methyl sites for hydroxylation is 1. The number of nitrogens with one attached hydrogen (secondary N) is 1. The molecule has 1 aromatic heterocycles. The van der Waals surface area contributed by atoms with E-state index in [4.69, 9.17) is 5.11 Å². The number of hydrogen-bond acceptors (Lipinski definition) is 3. The zero-order valence-corrected chi connectivity index (χ0v) is 12.9. The van der Waals surface area contributed by atoms with Gasteiger partial charge >= 0.3 is 0 Å². The van der Waals surface area contributed by atoms with E-state index in [9.17, 15) is 0 Å². The van der Waals surface area contributed by atoms with Crippen LogP contribution in [0.15, 0.2) is 12.1 Å². The van der Waals surface area contributed by atoms with Crippen molar-refractivity contribution in [2.24, 2.45) is 5.41 Å². The Morgan fingerprint density at radius 2 is 2.11 bits per heavy atom. The van der Waals surface area contributed by atoms with Gasteiger partial charge in [0.05, 0.1) is 0 Å². The second kappa shape index (κ2) is 7.27. The first-order valence-electron chi connectivity index (χ1n) is 6.91. The minimum Gasteiger partial charge on any atom is -0.396 e. The lowest BCUT2D eigenvalue weighted by molar-refractivity contribution is 0.233. The summed E-state index contributed by atoms with van der Waals surface area (Å²) in [7, 11) is 0. The summed E-state index contributed by atoms with van der Waals surface area (Å²) in [5.74, 6) is 0. The van der Waals surface area contributed by atoms with Gasteiger partial charge in [-0.05, 0) is 43.7 Å². The summed E-state index contributed by atoms with van der Waals surface area (Å²) in [4.78, 5) is 2.88. The Morgan fingerprint density at radius 3 is 2.67 bits per heavy atom. The van der Waals surface area contributed by atoms with Gasteiger partial charge in [0.15, 0.2) is 0 Å². The smallest absolute Gasteiger partial charge is 0.0431 e. The first-order valence-corrected chi connectivity index (χ1v) is 7.73. The molecule has 2 nitrogen and oxygen atoms in total. The van der Waals surface area contributed by atoms with E-state index in [0.29, 0.717) is 12.6 Å². The maximum absolute atomic E-state index is 8.90. The van der Waals surface area contributed by atoms with Gasteiger partial charge in [0.25, 0.3) is 0 Å². The first-order chi connectivity index (χ1) is 8.48. The molecule has 1 rings (SSSR count). The van der Waals surface area contributed by atoms with Crippen LogP contribution in [0, 0.1) is 5.41 Å². The molecule has 1 unspecified atom stereocenters. The van der Waals surface area contributed by atoms with E-state index in [1.165, 1.54) is 9.75 Å². The third-order valence-electron chi connectivity index (χ3n) is 3.36. The quantitative estimate of drug-likeness (QED) is 0.753. The van der Waals surface area contributed by atoms with Gasteiger partial charge < -0.3 is 10.4 Å². The highest BCUT2D eigenvalue weighted by Crippen LogP contribution is 2.26. The maximum Gasteiger partial charge on any atom is 0.0431 e. The fraction of sp³-hybridized carbons (Fsp3) is 0.733. The van der Waals surface area contributed by atoms with Gasteiger partial charge in [-0.3, -0.25) is 0 Å². The van der Waals surface area contributed by atoms with E-state index < -0.39 is 0 Å². The van der Waals surface area contributed by atoms with Crippen LogP contribution < -0.4 is 5.32 Å². The molecule has 3 heteroatoms. The molecular formula is C15H27NOS. The van der Waals surface area contributed by atoms with Crippen molar-refractivity contribution in [3.05, 3.63) is 21.9 Å². The van der Waals surface area contributed by atoms with E-state index in [-0.39, 0.29) is 5.41 Å². The topological polar surface area (TPSA) is 32.3 Å². The predicted molar refractivity (Wildman–Crippen MR) is 80.2 cm³/mol. The SMILES string of the molecule is CCc1ccc(C(C)NCC(C)(C)CCCO)s1. The minimum absolute atomic E-state index is 0.252. The van der Waals surface area contributed by atoms with Crippen LogP contribution in [0.4, 0.5) is 0 Å². The van der Waals surface area contributed by atoms with E-state index >= 15 is 0 Å². The Bertz CT molecular complexity index is 346. The summed E-state index contributed by atoms with van der Waals surface area (Å²) in [5.41, 5.74) is 0.252. The first kappa shape index (κ1) is 15.7. The van der Waals surface area contributed by atoms with Crippen LogP contribution in [0.2, 0.25) is 0 Å². The Hall–Kier alpha value is -0.380. The van der Waals surface area contributed by atoms with Crippen LogP contribution in [-0.4, -0.2) is 18.3 Å². The lowest BCUT2D eigenvalue weighted by Gasteiger charge is -2.26. The van der Waals surface area contributed by atoms with Crippen LogP contribution in [0.5, 0.6) is 0 Å². The van der Waals surface area contributed by atoms with Gasteiger partial charge in [-0.1, -0.05) is 20.8 Å². The van der Waals surface area contributed by atoms with Crippen molar-refractivity contribution in [3.8, 4) is 0 Å². The van der Waals surface area contributed by atoms with Crippen molar-refractivity contribution < 1.29 is 5.11 Å². The van der Waals surface area contributed by atoms with Gasteiger partial charge in [-0.15, -0.1) is 11.3 Å².